The van der Waals surface area contributed by atoms with Gasteiger partial charge < -0.3 is 20.9 Å². The van der Waals surface area contributed by atoms with Crippen LogP contribution in [0.25, 0.3) is 0 Å². The molecule has 0 bridgehead atoms. The largest absolute Gasteiger partial charge is 0.354 e. The van der Waals surface area contributed by atoms with Gasteiger partial charge >= 0.3 is 6.03 Å². The van der Waals surface area contributed by atoms with Crippen molar-refractivity contribution >= 4 is 29.2 Å². The summed E-state index contributed by atoms with van der Waals surface area (Å²) in [5.74, 6) is 0.314. The van der Waals surface area contributed by atoms with Crippen molar-refractivity contribution in [3.63, 3.8) is 0 Å². The molecule has 3 aromatic rings. The van der Waals surface area contributed by atoms with Gasteiger partial charge in [0.1, 0.15) is 17.5 Å². The zero-order valence-corrected chi connectivity index (χ0v) is 16.0. The molecule has 4 rings (SSSR count). The summed E-state index contributed by atoms with van der Waals surface area (Å²) in [7, 11) is 0. The highest BCUT2D eigenvalue weighted by molar-refractivity contribution is 5.89. The second kappa shape index (κ2) is 8.73. The van der Waals surface area contributed by atoms with E-state index in [9.17, 15) is 13.6 Å². The van der Waals surface area contributed by atoms with Crippen LogP contribution >= 0.6 is 0 Å². The average molecular weight is 410 g/mol. The predicted molar refractivity (Wildman–Crippen MR) is 111 cm³/mol. The smallest absolute Gasteiger partial charge is 0.319 e. The summed E-state index contributed by atoms with van der Waals surface area (Å²) in [4.78, 5) is 22.9. The van der Waals surface area contributed by atoms with E-state index >= 15 is 0 Å². The fourth-order valence-corrected chi connectivity index (χ4v) is 3.24. The van der Waals surface area contributed by atoms with Crippen LogP contribution in [0.2, 0.25) is 0 Å². The number of urea groups is 1. The third kappa shape index (κ3) is 4.80. The lowest BCUT2D eigenvalue weighted by atomic mass is 10.2. The van der Waals surface area contributed by atoms with E-state index in [1.54, 1.807) is 36.5 Å². The third-order valence-corrected chi connectivity index (χ3v) is 4.71. The molecule has 1 aliphatic heterocycles. The van der Waals surface area contributed by atoms with Crippen LogP contribution in [0.1, 0.15) is 6.42 Å². The molecule has 3 N–H and O–H groups in total. The van der Waals surface area contributed by atoms with Crippen LogP contribution in [0.15, 0.2) is 60.8 Å². The molecule has 2 amide bonds. The Morgan fingerprint density at radius 1 is 1.07 bits per heavy atom. The topological polar surface area (TPSA) is 82.2 Å². The summed E-state index contributed by atoms with van der Waals surface area (Å²) in [6.07, 6.45) is 2.37. The SMILES string of the molecule is O=C(Nc1ccccc1F)NC1CCN(c2ccnc(Nc3ccc(F)cc3)n2)C1. The van der Waals surface area contributed by atoms with Gasteiger partial charge in [0.05, 0.1) is 5.69 Å². The van der Waals surface area contributed by atoms with E-state index in [1.165, 1.54) is 24.3 Å². The fourth-order valence-electron chi connectivity index (χ4n) is 3.24. The first kappa shape index (κ1) is 19.6. The van der Waals surface area contributed by atoms with Crippen molar-refractivity contribution in [3.8, 4) is 0 Å². The maximum atomic E-state index is 13.7. The van der Waals surface area contributed by atoms with E-state index in [0.717, 1.165) is 6.42 Å². The highest BCUT2D eigenvalue weighted by Gasteiger charge is 2.25. The molecule has 30 heavy (non-hydrogen) atoms. The summed E-state index contributed by atoms with van der Waals surface area (Å²) in [5.41, 5.74) is 0.816. The molecule has 1 fully saturated rings. The molecule has 1 aromatic heterocycles. The summed E-state index contributed by atoms with van der Waals surface area (Å²) >= 11 is 0. The van der Waals surface area contributed by atoms with Crippen molar-refractivity contribution in [2.45, 2.75) is 12.5 Å². The molecule has 0 spiro atoms. The molecule has 154 valence electrons. The van der Waals surface area contributed by atoms with Gasteiger partial charge in [0.2, 0.25) is 5.95 Å². The molecule has 2 aromatic carbocycles. The van der Waals surface area contributed by atoms with Gasteiger partial charge in [0, 0.05) is 31.0 Å². The van der Waals surface area contributed by atoms with Crippen LogP contribution in [0, 0.1) is 11.6 Å². The number of carbonyl (C=O) groups is 1. The summed E-state index contributed by atoms with van der Waals surface area (Å²) in [5, 5.41) is 8.43. The zero-order chi connectivity index (χ0) is 20.9. The first-order valence-corrected chi connectivity index (χ1v) is 9.49. The van der Waals surface area contributed by atoms with Crippen LogP contribution in [0.3, 0.4) is 0 Å². The van der Waals surface area contributed by atoms with E-state index in [1.807, 2.05) is 4.90 Å². The Balaban J connectivity index is 1.34. The van der Waals surface area contributed by atoms with Crippen LogP contribution in [-0.2, 0) is 0 Å². The second-order valence-electron chi connectivity index (χ2n) is 6.88. The van der Waals surface area contributed by atoms with Crippen molar-refractivity contribution in [2.24, 2.45) is 0 Å². The molecule has 9 heteroatoms. The molecule has 7 nitrogen and oxygen atoms in total. The number of para-hydroxylation sites is 1. The molecule has 1 aliphatic rings. The normalized spacial score (nSPS) is 15.7. The average Bonchev–Trinajstić information content (AvgIpc) is 3.20. The minimum Gasteiger partial charge on any atom is -0.354 e. The highest BCUT2D eigenvalue weighted by atomic mass is 19.1. The van der Waals surface area contributed by atoms with E-state index in [0.29, 0.717) is 30.5 Å². The molecule has 0 saturated carbocycles. The van der Waals surface area contributed by atoms with Crippen molar-refractivity contribution < 1.29 is 13.6 Å². The summed E-state index contributed by atoms with van der Waals surface area (Å²) < 4.78 is 26.7. The highest BCUT2D eigenvalue weighted by Crippen LogP contribution is 2.21. The Morgan fingerprint density at radius 3 is 2.67 bits per heavy atom. The maximum Gasteiger partial charge on any atom is 0.319 e. The van der Waals surface area contributed by atoms with Gasteiger partial charge in [0.25, 0.3) is 0 Å². The second-order valence-corrected chi connectivity index (χ2v) is 6.88. The van der Waals surface area contributed by atoms with Gasteiger partial charge in [-0.15, -0.1) is 0 Å². The number of carbonyl (C=O) groups excluding carboxylic acids is 1. The summed E-state index contributed by atoms with van der Waals surface area (Å²) in [6.45, 7) is 1.27. The Bertz CT molecular complexity index is 1030. The van der Waals surface area contributed by atoms with E-state index in [4.69, 9.17) is 0 Å². The number of halogens is 2. The molecule has 1 saturated heterocycles. The Labute approximate surface area is 172 Å². The standard InChI is InChI=1S/C21H20F2N6O/c22-14-5-7-15(8-6-14)25-20-24-11-9-19(28-20)29-12-10-16(13-29)26-21(30)27-18-4-2-1-3-17(18)23/h1-9,11,16H,10,12-13H2,(H,24,25,28)(H2,26,27,30). The lowest BCUT2D eigenvalue weighted by Gasteiger charge is -2.18. The number of anilines is 4. The molecular weight excluding hydrogens is 390 g/mol. The van der Waals surface area contributed by atoms with Gasteiger partial charge in [0.15, 0.2) is 0 Å². The minimum atomic E-state index is -0.483. The number of hydrogen-bond acceptors (Lipinski definition) is 5. The quantitative estimate of drug-likeness (QED) is 0.594. The van der Waals surface area contributed by atoms with Crippen molar-refractivity contribution in [2.75, 3.05) is 28.6 Å². The van der Waals surface area contributed by atoms with E-state index in [-0.39, 0.29) is 17.5 Å². The number of hydrogen-bond donors (Lipinski definition) is 3. The van der Waals surface area contributed by atoms with E-state index < -0.39 is 11.8 Å². The number of nitrogens with zero attached hydrogens (tertiary/aromatic N) is 3. The van der Waals surface area contributed by atoms with Crippen LogP contribution < -0.4 is 20.9 Å². The number of benzene rings is 2. The lowest BCUT2D eigenvalue weighted by molar-refractivity contribution is 0.249. The van der Waals surface area contributed by atoms with Gasteiger partial charge in [-0.05, 0) is 48.9 Å². The van der Waals surface area contributed by atoms with Crippen LogP contribution in [0.4, 0.5) is 36.7 Å². The molecule has 1 atom stereocenters. The number of aromatic nitrogens is 2. The van der Waals surface area contributed by atoms with Crippen LogP contribution in [0.5, 0.6) is 0 Å². The molecule has 0 aliphatic carbocycles. The van der Waals surface area contributed by atoms with Crippen molar-refractivity contribution in [1.29, 1.82) is 0 Å². The predicted octanol–water partition coefficient (Wildman–Crippen LogP) is 3.90. The summed E-state index contributed by atoms with van der Waals surface area (Å²) in [6, 6.07) is 13.2. The lowest BCUT2D eigenvalue weighted by Crippen LogP contribution is -2.40. The Kier molecular flexibility index (Phi) is 5.69. The van der Waals surface area contributed by atoms with Gasteiger partial charge in [-0.2, -0.15) is 4.98 Å². The van der Waals surface area contributed by atoms with Crippen molar-refractivity contribution in [1.82, 2.24) is 15.3 Å². The fraction of sp³-hybridized carbons (Fsp3) is 0.190. The monoisotopic (exact) mass is 410 g/mol. The molecule has 2 heterocycles. The third-order valence-electron chi connectivity index (χ3n) is 4.71. The Hall–Kier alpha value is -3.75. The van der Waals surface area contributed by atoms with Crippen LogP contribution in [-0.4, -0.2) is 35.1 Å². The van der Waals surface area contributed by atoms with E-state index in [2.05, 4.69) is 25.9 Å². The zero-order valence-electron chi connectivity index (χ0n) is 16.0. The molecular formula is C21H20F2N6O. The van der Waals surface area contributed by atoms with Gasteiger partial charge in [-0.1, -0.05) is 12.1 Å². The van der Waals surface area contributed by atoms with Gasteiger partial charge in [-0.3, -0.25) is 0 Å². The minimum absolute atomic E-state index is 0.0970. The Morgan fingerprint density at radius 2 is 1.87 bits per heavy atom. The first-order valence-electron chi connectivity index (χ1n) is 9.49. The molecule has 0 radical (unpaired) electrons. The van der Waals surface area contributed by atoms with Crippen molar-refractivity contribution in [3.05, 3.63) is 72.4 Å². The number of nitrogens with one attached hydrogen (secondary N) is 3. The number of rotatable bonds is 5. The van der Waals surface area contributed by atoms with Gasteiger partial charge in [-0.25, -0.2) is 18.6 Å². The molecule has 1 unspecified atom stereocenters. The first-order chi connectivity index (χ1) is 14.6. The number of amides is 2. The maximum absolute atomic E-state index is 13.7.